The van der Waals surface area contributed by atoms with Gasteiger partial charge in [0.15, 0.2) is 0 Å². The highest BCUT2D eigenvalue weighted by Gasteiger charge is 2.49. The molecule has 104 valence electrons. The van der Waals surface area contributed by atoms with Crippen molar-refractivity contribution < 1.29 is 4.79 Å². The minimum absolute atomic E-state index is 0.0411. The molecule has 0 radical (unpaired) electrons. The van der Waals surface area contributed by atoms with Gasteiger partial charge in [-0.3, -0.25) is 4.79 Å². The van der Waals surface area contributed by atoms with Crippen molar-refractivity contribution in [3.63, 3.8) is 0 Å². The Bertz CT molecular complexity index is 293. The van der Waals surface area contributed by atoms with Crippen molar-refractivity contribution in [3.8, 4) is 0 Å². The van der Waals surface area contributed by atoms with Crippen LogP contribution in [-0.4, -0.2) is 24.5 Å². The highest BCUT2D eigenvalue weighted by Crippen LogP contribution is 2.47. The maximum absolute atomic E-state index is 12.3. The first-order chi connectivity index (χ1) is 8.67. The normalized spacial score (nSPS) is 35.7. The molecule has 18 heavy (non-hydrogen) atoms. The molecule has 2 saturated carbocycles. The van der Waals surface area contributed by atoms with Crippen molar-refractivity contribution in [2.45, 2.75) is 57.5 Å². The minimum Gasteiger partial charge on any atom is -0.352 e. The van der Waals surface area contributed by atoms with Gasteiger partial charge in [0.25, 0.3) is 0 Å². The topological polar surface area (TPSA) is 81.1 Å². The monoisotopic (exact) mass is 253 g/mol. The molecular formula is C14H27N3O. The Morgan fingerprint density at radius 3 is 2.67 bits per heavy atom. The lowest BCUT2D eigenvalue weighted by Gasteiger charge is -2.29. The van der Waals surface area contributed by atoms with Crippen LogP contribution in [0.25, 0.3) is 0 Å². The van der Waals surface area contributed by atoms with Crippen LogP contribution in [-0.2, 0) is 4.79 Å². The van der Waals surface area contributed by atoms with Gasteiger partial charge in [-0.25, -0.2) is 0 Å². The van der Waals surface area contributed by atoms with Crippen molar-refractivity contribution >= 4 is 5.91 Å². The van der Waals surface area contributed by atoms with E-state index in [0.717, 1.165) is 25.7 Å². The Morgan fingerprint density at radius 1 is 1.39 bits per heavy atom. The zero-order valence-electron chi connectivity index (χ0n) is 11.4. The Labute approximate surface area is 110 Å². The third kappa shape index (κ3) is 2.69. The van der Waals surface area contributed by atoms with Gasteiger partial charge in [0.2, 0.25) is 5.91 Å². The summed E-state index contributed by atoms with van der Waals surface area (Å²) in [5.41, 5.74) is 11.9. The van der Waals surface area contributed by atoms with Crippen molar-refractivity contribution in [2.75, 3.05) is 6.54 Å². The first-order valence-corrected chi connectivity index (χ1v) is 7.43. The summed E-state index contributed by atoms with van der Waals surface area (Å²) in [6, 6.07) is 0.206. The molecule has 2 fully saturated rings. The molecule has 0 aromatic carbocycles. The molecule has 0 saturated heterocycles. The maximum Gasteiger partial charge on any atom is 0.225 e. The van der Waals surface area contributed by atoms with E-state index < -0.39 is 0 Å². The van der Waals surface area contributed by atoms with Crippen LogP contribution < -0.4 is 16.8 Å². The number of hydrogen-bond donors (Lipinski definition) is 3. The summed E-state index contributed by atoms with van der Waals surface area (Å²) in [6.45, 7) is 2.68. The van der Waals surface area contributed by atoms with Crippen LogP contribution >= 0.6 is 0 Å². The zero-order chi connectivity index (χ0) is 13.1. The molecule has 5 unspecified atom stereocenters. The molecule has 0 aromatic rings. The molecule has 2 rings (SSSR count). The molecule has 5 atom stereocenters. The van der Waals surface area contributed by atoms with Gasteiger partial charge < -0.3 is 16.8 Å². The summed E-state index contributed by atoms with van der Waals surface area (Å²) < 4.78 is 0. The van der Waals surface area contributed by atoms with Gasteiger partial charge in [0, 0.05) is 18.6 Å². The number of fused-ring (bicyclic) bond motifs is 2. The van der Waals surface area contributed by atoms with Crippen LogP contribution in [0.4, 0.5) is 0 Å². The van der Waals surface area contributed by atoms with Crippen molar-refractivity contribution in [1.29, 1.82) is 0 Å². The molecule has 2 aliphatic rings. The predicted octanol–water partition coefficient (Wildman–Crippen LogP) is 0.994. The average Bonchev–Trinajstić information content (AvgIpc) is 2.94. The molecule has 4 nitrogen and oxygen atoms in total. The number of unbranched alkanes of at least 4 members (excludes halogenated alkanes) is 1. The summed E-state index contributed by atoms with van der Waals surface area (Å²) in [4.78, 5) is 12.3. The van der Waals surface area contributed by atoms with Crippen LogP contribution in [0.2, 0.25) is 0 Å². The molecule has 1 amide bonds. The van der Waals surface area contributed by atoms with Gasteiger partial charge in [-0.1, -0.05) is 19.8 Å². The van der Waals surface area contributed by atoms with E-state index in [0.29, 0.717) is 18.4 Å². The summed E-state index contributed by atoms with van der Waals surface area (Å²) >= 11 is 0. The van der Waals surface area contributed by atoms with Crippen molar-refractivity contribution in [3.05, 3.63) is 0 Å². The molecule has 0 spiro atoms. The Morgan fingerprint density at radius 2 is 2.11 bits per heavy atom. The highest BCUT2D eigenvalue weighted by molar-refractivity contribution is 5.80. The summed E-state index contributed by atoms with van der Waals surface area (Å²) in [7, 11) is 0. The van der Waals surface area contributed by atoms with Crippen LogP contribution in [0.1, 0.15) is 45.4 Å². The number of nitrogens with one attached hydrogen (secondary N) is 1. The lowest BCUT2D eigenvalue weighted by atomic mass is 9.84. The second kappa shape index (κ2) is 6.02. The molecule has 2 aliphatic carbocycles. The number of carbonyl (C=O) groups is 1. The van der Waals surface area contributed by atoms with E-state index in [1.54, 1.807) is 0 Å². The third-order valence-corrected chi connectivity index (χ3v) is 4.82. The van der Waals surface area contributed by atoms with Gasteiger partial charge >= 0.3 is 0 Å². The molecule has 5 N–H and O–H groups in total. The van der Waals surface area contributed by atoms with Crippen LogP contribution in [0.15, 0.2) is 0 Å². The SMILES string of the molecule is CCCCC(CN)NC(=O)C1C2CCC(C2)C1N. The standard InChI is InChI=1S/C14H27N3O/c1-2-3-4-11(8-15)17-14(18)12-9-5-6-10(7-9)13(12)16/h9-13H,2-8,15-16H2,1H3,(H,17,18). The quantitative estimate of drug-likeness (QED) is 0.660. The van der Waals surface area contributed by atoms with Gasteiger partial charge in [-0.05, 0) is 37.5 Å². The fraction of sp³-hybridized carbons (Fsp3) is 0.929. The first-order valence-electron chi connectivity index (χ1n) is 7.43. The summed E-state index contributed by atoms with van der Waals surface area (Å²) in [5.74, 6) is 1.30. The first kappa shape index (κ1) is 13.8. The molecule has 4 heteroatoms. The van der Waals surface area contributed by atoms with Crippen molar-refractivity contribution in [1.82, 2.24) is 5.32 Å². The number of hydrogen-bond acceptors (Lipinski definition) is 3. The van der Waals surface area contributed by atoms with Gasteiger partial charge in [-0.15, -0.1) is 0 Å². The van der Waals surface area contributed by atoms with E-state index in [9.17, 15) is 4.79 Å². The van der Waals surface area contributed by atoms with Crippen LogP contribution in [0, 0.1) is 17.8 Å². The fourth-order valence-electron chi connectivity index (χ4n) is 3.72. The van der Waals surface area contributed by atoms with Gasteiger partial charge in [0.1, 0.15) is 0 Å². The number of amides is 1. The maximum atomic E-state index is 12.3. The van der Waals surface area contributed by atoms with Crippen molar-refractivity contribution in [2.24, 2.45) is 29.2 Å². The lowest BCUT2D eigenvalue weighted by Crippen LogP contribution is -2.49. The largest absolute Gasteiger partial charge is 0.352 e. The zero-order valence-corrected chi connectivity index (χ0v) is 11.4. The third-order valence-electron chi connectivity index (χ3n) is 4.82. The molecule has 0 aliphatic heterocycles. The Hall–Kier alpha value is -0.610. The van der Waals surface area contributed by atoms with E-state index in [2.05, 4.69) is 12.2 Å². The average molecular weight is 253 g/mol. The van der Waals surface area contributed by atoms with Crippen LogP contribution in [0.5, 0.6) is 0 Å². The predicted molar refractivity (Wildman–Crippen MR) is 72.8 cm³/mol. The number of nitrogens with two attached hydrogens (primary N) is 2. The van der Waals surface area contributed by atoms with Gasteiger partial charge in [-0.2, -0.15) is 0 Å². The second-order valence-electron chi connectivity index (χ2n) is 6.02. The molecule has 0 aromatic heterocycles. The van der Waals surface area contributed by atoms with E-state index in [1.165, 1.54) is 12.8 Å². The second-order valence-corrected chi connectivity index (χ2v) is 6.02. The van der Waals surface area contributed by atoms with Crippen LogP contribution in [0.3, 0.4) is 0 Å². The minimum atomic E-state index is 0.0411. The Balaban J connectivity index is 1.87. The smallest absolute Gasteiger partial charge is 0.225 e. The molecular weight excluding hydrogens is 226 g/mol. The molecule has 0 heterocycles. The fourth-order valence-corrected chi connectivity index (χ4v) is 3.72. The van der Waals surface area contributed by atoms with E-state index in [4.69, 9.17) is 11.5 Å². The summed E-state index contributed by atoms with van der Waals surface area (Å²) in [5, 5.41) is 3.11. The van der Waals surface area contributed by atoms with E-state index in [1.807, 2.05) is 0 Å². The Kier molecular flexibility index (Phi) is 4.62. The van der Waals surface area contributed by atoms with Gasteiger partial charge in [0.05, 0.1) is 5.92 Å². The molecule has 2 bridgehead atoms. The van der Waals surface area contributed by atoms with E-state index >= 15 is 0 Å². The number of rotatable bonds is 6. The number of carbonyl (C=O) groups excluding carboxylic acids is 1. The lowest BCUT2D eigenvalue weighted by molar-refractivity contribution is -0.127. The highest BCUT2D eigenvalue weighted by atomic mass is 16.2. The summed E-state index contributed by atoms with van der Waals surface area (Å²) in [6.07, 6.45) is 6.78. The van der Waals surface area contributed by atoms with E-state index in [-0.39, 0.29) is 23.9 Å².